The fourth-order valence-corrected chi connectivity index (χ4v) is 1.62. The molecule has 2 unspecified atom stereocenters. The molecule has 1 aliphatic rings. The van der Waals surface area contributed by atoms with Crippen LogP contribution in [-0.2, 0) is 4.74 Å². The molecule has 0 heterocycles. The summed E-state index contributed by atoms with van der Waals surface area (Å²) in [6, 6.07) is 0.210. The molecular formula is C10H21NO2. The van der Waals surface area contributed by atoms with Gasteiger partial charge in [-0.1, -0.05) is 0 Å². The number of hydrogen-bond acceptors (Lipinski definition) is 3. The molecule has 78 valence electrons. The van der Waals surface area contributed by atoms with Crippen molar-refractivity contribution >= 4 is 0 Å². The molecule has 0 amide bonds. The number of aliphatic hydroxyl groups is 1. The van der Waals surface area contributed by atoms with E-state index in [2.05, 4.69) is 0 Å². The second-order valence-corrected chi connectivity index (χ2v) is 4.57. The molecule has 1 rings (SSSR count). The first-order valence-corrected chi connectivity index (χ1v) is 5.08. The van der Waals surface area contributed by atoms with Crippen molar-refractivity contribution in [2.45, 2.75) is 57.3 Å². The van der Waals surface area contributed by atoms with E-state index in [-0.39, 0.29) is 12.1 Å². The van der Waals surface area contributed by atoms with Crippen molar-refractivity contribution in [1.29, 1.82) is 0 Å². The van der Waals surface area contributed by atoms with Crippen LogP contribution in [0.15, 0.2) is 0 Å². The Hall–Kier alpha value is -0.120. The van der Waals surface area contributed by atoms with E-state index in [1.807, 2.05) is 0 Å². The normalized spacial score (nSPS) is 29.5. The van der Waals surface area contributed by atoms with Gasteiger partial charge in [-0.25, -0.2) is 0 Å². The highest BCUT2D eigenvalue weighted by atomic mass is 16.5. The number of nitrogens with two attached hydrogens (primary N) is 1. The number of hydrogen-bond donors (Lipinski definition) is 2. The van der Waals surface area contributed by atoms with Crippen molar-refractivity contribution in [2.75, 3.05) is 6.61 Å². The molecule has 3 heteroatoms. The summed E-state index contributed by atoms with van der Waals surface area (Å²) in [5, 5.41) is 9.45. The molecule has 0 saturated heterocycles. The van der Waals surface area contributed by atoms with Gasteiger partial charge in [0.1, 0.15) is 0 Å². The summed E-state index contributed by atoms with van der Waals surface area (Å²) < 4.78 is 5.61. The fourth-order valence-electron chi connectivity index (χ4n) is 1.62. The lowest BCUT2D eigenvalue weighted by molar-refractivity contribution is -0.00385. The van der Waals surface area contributed by atoms with E-state index >= 15 is 0 Å². The van der Waals surface area contributed by atoms with E-state index in [9.17, 15) is 5.11 Å². The van der Waals surface area contributed by atoms with Crippen molar-refractivity contribution in [3.63, 3.8) is 0 Å². The molecule has 2 atom stereocenters. The Kier molecular flexibility index (Phi) is 3.71. The van der Waals surface area contributed by atoms with Gasteiger partial charge < -0.3 is 15.6 Å². The smallest absolute Gasteiger partial charge is 0.0725 e. The predicted molar refractivity (Wildman–Crippen MR) is 52.5 cm³/mol. The molecule has 1 aliphatic carbocycles. The number of rotatable bonds is 4. The fraction of sp³-hybridized carbons (Fsp3) is 1.00. The highest BCUT2D eigenvalue weighted by Crippen LogP contribution is 2.21. The summed E-state index contributed by atoms with van der Waals surface area (Å²) in [4.78, 5) is 0. The monoisotopic (exact) mass is 187 g/mol. The first kappa shape index (κ1) is 11.0. The van der Waals surface area contributed by atoms with Crippen LogP contribution in [0.25, 0.3) is 0 Å². The molecule has 1 fully saturated rings. The third-order valence-corrected chi connectivity index (χ3v) is 2.55. The summed E-state index contributed by atoms with van der Waals surface area (Å²) in [5.74, 6) is 0. The molecule has 3 N–H and O–H groups in total. The largest absolute Gasteiger partial charge is 0.390 e. The van der Waals surface area contributed by atoms with Gasteiger partial charge >= 0.3 is 0 Å². The maximum Gasteiger partial charge on any atom is 0.0725 e. The van der Waals surface area contributed by atoms with Gasteiger partial charge in [0, 0.05) is 12.6 Å². The van der Waals surface area contributed by atoms with Crippen LogP contribution < -0.4 is 5.73 Å². The first-order chi connectivity index (χ1) is 5.99. The lowest BCUT2D eigenvalue weighted by atomic mass is 10.1. The second-order valence-electron chi connectivity index (χ2n) is 4.57. The van der Waals surface area contributed by atoms with E-state index in [0.29, 0.717) is 13.0 Å². The van der Waals surface area contributed by atoms with Crippen LogP contribution in [0.4, 0.5) is 0 Å². The Morgan fingerprint density at radius 1 is 1.46 bits per heavy atom. The van der Waals surface area contributed by atoms with Crippen LogP contribution in [0.2, 0.25) is 0 Å². The Labute approximate surface area is 80.3 Å². The lowest BCUT2D eigenvalue weighted by Gasteiger charge is -2.20. The van der Waals surface area contributed by atoms with Gasteiger partial charge in [-0.2, -0.15) is 0 Å². The molecule has 3 nitrogen and oxygen atoms in total. The summed E-state index contributed by atoms with van der Waals surface area (Å²) in [6.45, 7) is 4.21. The van der Waals surface area contributed by atoms with Crippen LogP contribution >= 0.6 is 0 Å². The molecule has 0 bridgehead atoms. The SMILES string of the molecule is CC(C)(O)CCOC1CCCC1N. The minimum atomic E-state index is -0.622. The molecule has 0 radical (unpaired) electrons. The van der Waals surface area contributed by atoms with E-state index < -0.39 is 5.60 Å². The van der Waals surface area contributed by atoms with Gasteiger partial charge in [-0.05, 0) is 39.5 Å². The lowest BCUT2D eigenvalue weighted by Crippen LogP contribution is -2.33. The molecule has 13 heavy (non-hydrogen) atoms. The van der Waals surface area contributed by atoms with Crippen LogP contribution in [0, 0.1) is 0 Å². The molecule has 1 saturated carbocycles. The van der Waals surface area contributed by atoms with Crippen molar-refractivity contribution in [2.24, 2.45) is 5.73 Å². The molecule has 0 spiro atoms. The minimum absolute atomic E-state index is 0.210. The first-order valence-electron chi connectivity index (χ1n) is 5.08. The third kappa shape index (κ3) is 4.07. The van der Waals surface area contributed by atoms with Crippen LogP contribution in [0.3, 0.4) is 0 Å². The highest BCUT2D eigenvalue weighted by Gasteiger charge is 2.24. The zero-order chi connectivity index (χ0) is 9.90. The Balaban J connectivity index is 2.12. The van der Waals surface area contributed by atoms with Gasteiger partial charge in [0.05, 0.1) is 11.7 Å². The van der Waals surface area contributed by atoms with Crippen molar-refractivity contribution in [1.82, 2.24) is 0 Å². The quantitative estimate of drug-likeness (QED) is 0.691. The van der Waals surface area contributed by atoms with Crippen LogP contribution in [0.1, 0.15) is 39.5 Å². The van der Waals surface area contributed by atoms with Crippen molar-refractivity contribution < 1.29 is 9.84 Å². The zero-order valence-corrected chi connectivity index (χ0v) is 8.62. The predicted octanol–water partition coefficient (Wildman–Crippen LogP) is 1.04. The van der Waals surface area contributed by atoms with E-state index in [4.69, 9.17) is 10.5 Å². The maximum atomic E-state index is 9.45. The van der Waals surface area contributed by atoms with Gasteiger partial charge in [0.25, 0.3) is 0 Å². The van der Waals surface area contributed by atoms with Gasteiger partial charge in [-0.3, -0.25) is 0 Å². The third-order valence-electron chi connectivity index (χ3n) is 2.55. The van der Waals surface area contributed by atoms with Crippen LogP contribution in [-0.4, -0.2) is 29.5 Å². The summed E-state index contributed by atoms with van der Waals surface area (Å²) in [6.07, 6.45) is 4.23. The number of ether oxygens (including phenoxy) is 1. The van der Waals surface area contributed by atoms with Crippen LogP contribution in [0.5, 0.6) is 0 Å². The standard InChI is InChI=1S/C10H21NO2/c1-10(2,12)6-7-13-9-5-3-4-8(9)11/h8-9,12H,3-7,11H2,1-2H3. The van der Waals surface area contributed by atoms with Gasteiger partial charge in [-0.15, -0.1) is 0 Å². The van der Waals surface area contributed by atoms with E-state index in [1.54, 1.807) is 13.8 Å². The van der Waals surface area contributed by atoms with Crippen molar-refractivity contribution in [3.8, 4) is 0 Å². The molecular weight excluding hydrogens is 166 g/mol. The molecule has 0 aromatic carbocycles. The van der Waals surface area contributed by atoms with Gasteiger partial charge in [0.2, 0.25) is 0 Å². The second kappa shape index (κ2) is 4.40. The average Bonchev–Trinajstić information content (AvgIpc) is 2.34. The van der Waals surface area contributed by atoms with Crippen molar-refractivity contribution in [3.05, 3.63) is 0 Å². The highest BCUT2D eigenvalue weighted by molar-refractivity contribution is 4.81. The molecule has 0 aromatic heterocycles. The average molecular weight is 187 g/mol. The minimum Gasteiger partial charge on any atom is -0.390 e. The van der Waals surface area contributed by atoms with E-state index in [0.717, 1.165) is 12.8 Å². The summed E-state index contributed by atoms with van der Waals surface area (Å²) in [5.41, 5.74) is 5.22. The summed E-state index contributed by atoms with van der Waals surface area (Å²) in [7, 11) is 0. The topological polar surface area (TPSA) is 55.5 Å². The van der Waals surface area contributed by atoms with Gasteiger partial charge in [0.15, 0.2) is 0 Å². The summed E-state index contributed by atoms with van der Waals surface area (Å²) >= 11 is 0. The molecule has 0 aromatic rings. The maximum absolute atomic E-state index is 9.45. The Bertz CT molecular complexity index is 153. The Morgan fingerprint density at radius 2 is 2.15 bits per heavy atom. The Morgan fingerprint density at radius 3 is 2.62 bits per heavy atom. The van der Waals surface area contributed by atoms with E-state index in [1.165, 1.54) is 6.42 Å². The zero-order valence-electron chi connectivity index (χ0n) is 8.62. The molecule has 0 aliphatic heterocycles.